The first-order chi connectivity index (χ1) is 9.54. The fourth-order valence-corrected chi connectivity index (χ4v) is 5.08. The highest BCUT2D eigenvalue weighted by molar-refractivity contribution is 7.15. The number of benzene rings is 1. The van der Waals surface area contributed by atoms with Gasteiger partial charge in [-0.05, 0) is 36.0 Å². The van der Waals surface area contributed by atoms with Crippen molar-refractivity contribution in [1.29, 1.82) is 0 Å². The molecule has 0 N–H and O–H groups in total. The Bertz CT molecular complexity index is 685. The Morgan fingerprint density at radius 2 is 1.85 bits per heavy atom. The molecule has 2 unspecified atom stereocenters. The zero-order chi connectivity index (χ0) is 13.9. The summed E-state index contributed by atoms with van der Waals surface area (Å²) in [6.07, 6.45) is 6.19. The molecule has 0 saturated carbocycles. The molecule has 1 aromatic carbocycles. The predicted octanol–water partition coefficient (Wildman–Crippen LogP) is 5.89. The van der Waals surface area contributed by atoms with E-state index in [0.717, 1.165) is 0 Å². The average molecular weight is 280 g/mol. The lowest BCUT2D eigenvalue weighted by Gasteiger charge is -2.44. The number of aryl methyl sites for hydroxylation is 1. The number of fused-ring (bicyclic) bond motifs is 1. The van der Waals surface area contributed by atoms with E-state index in [9.17, 15) is 0 Å². The van der Waals surface area contributed by atoms with Crippen molar-refractivity contribution in [3.63, 3.8) is 0 Å². The average Bonchev–Trinajstić information content (AvgIpc) is 2.85. The maximum absolute atomic E-state index is 2.45. The Morgan fingerprint density at radius 3 is 2.55 bits per heavy atom. The topological polar surface area (TPSA) is 0 Å². The van der Waals surface area contributed by atoms with Crippen LogP contribution < -0.4 is 0 Å². The zero-order valence-corrected chi connectivity index (χ0v) is 13.1. The first-order valence-electron chi connectivity index (χ1n) is 7.43. The molecular formula is C19H20S. The van der Waals surface area contributed by atoms with Gasteiger partial charge in [-0.1, -0.05) is 55.8 Å². The molecule has 0 amide bonds. The molecule has 2 bridgehead atoms. The van der Waals surface area contributed by atoms with Crippen LogP contribution in [0.2, 0.25) is 0 Å². The van der Waals surface area contributed by atoms with Crippen molar-refractivity contribution in [2.45, 2.75) is 39.0 Å². The van der Waals surface area contributed by atoms with Crippen molar-refractivity contribution in [2.75, 3.05) is 0 Å². The van der Waals surface area contributed by atoms with Gasteiger partial charge >= 0.3 is 0 Å². The molecule has 0 spiro atoms. The monoisotopic (exact) mass is 280 g/mol. The third kappa shape index (κ3) is 1.73. The largest absolute Gasteiger partial charge is 0.139 e. The Balaban J connectivity index is 1.81. The van der Waals surface area contributed by atoms with E-state index in [1.807, 2.05) is 11.3 Å². The summed E-state index contributed by atoms with van der Waals surface area (Å²) in [5, 5.41) is 0. The summed E-state index contributed by atoms with van der Waals surface area (Å²) in [7, 11) is 0. The lowest BCUT2D eigenvalue weighted by Crippen LogP contribution is -2.31. The summed E-state index contributed by atoms with van der Waals surface area (Å²) in [4.78, 5) is 3.05. The lowest BCUT2D eigenvalue weighted by atomic mass is 9.61. The van der Waals surface area contributed by atoms with Crippen LogP contribution in [0.1, 0.15) is 48.1 Å². The summed E-state index contributed by atoms with van der Waals surface area (Å²) in [5.41, 5.74) is 4.71. The SMILES string of the molecule is Cc1ccc(-c2cc3c(s2)C2C=CC3C(C)(C)C2)cc1. The van der Waals surface area contributed by atoms with Crippen LogP contribution in [0.25, 0.3) is 10.4 Å². The molecular weight excluding hydrogens is 260 g/mol. The molecule has 1 heterocycles. The van der Waals surface area contributed by atoms with Crippen LogP contribution in [0.4, 0.5) is 0 Å². The lowest BCUT2D eigenvalue weighted by molar-refractivity contribution is 0.254. The van der Waals surface area contributed by atoms with Crippen molar-refractivity contribution < 1.29 is 0 Å². The maximum Gasteiger partial charge on any atom is 0.0348 e. The summed E-state index contributed by atoms with van der Waals surface area (Å²) in [5.74, 6) is 1.26. The first kappa shape index (κ1) is 12.4. The normalized spacial score (nSPS) is 25.8. The molecule has 0 nitrogen and oxygen atoms in total. The van der Waals surface area contributed by atoms with Gasteiger partial charge in [0, 0.05) is 21.6 Å². The van der Waals surface area contributed by atoms with E-state index >= 15 is 0 Å². The third-order valence-electron chi connectivity index (χ3n) is 4.92. The van der Waals surface area contributed by atoms with Crippen LogP contribution in [0.15, 0.2) is 42.5 Å². The van der Waals surface area contributed by atoms with Crippen LogP contribution >= 0.6 is 11.3 Å². The summed E-state index contributed by atoms with van der Waals surface area (Å²) in [6.45, 7) is 6.98. The standard InChI is InChI=1S/C19H20S/c1-12-4-6-13(7-5-12)17-10-15-16-9-8-14(18(15)20-17)11-19(16,2)3/h4-10,14,16H,11H2,1-3H3. The van der Waals surface area contributed by atoms with Crippen molar-refractivity contribution in [3.05, 3.63) is 58.5 Å². The van der Waals surface area contributed by atoms with Gasteiger partial charge in [0.05, 0.1) is 0 Å². The summed E-state index contributed by atoms with van der Waals surface area (Å²) >= 11 is 2.01. The minimum Gasteiger partial charge on any atom is -0.139 e. The maximum atomic E-state index is 2.45. The van der Waals surface area contributed by atoms with Gasteiger partial charge in [-0.25, -0.2) is 0 Å². The van der Waals surface area contributed by atoms with Crippen LogP contribution in [-0.2, 0) is 0 Å². The number of thiophene rings is 1. The van der Waals surface area contributed by atoms with E-state index < -0.39 is 0 Å². The Kier molecular flexibility index (Phi) is 2.53. The number of hydrogen-bond donors (Lipinski definition) is 0. The second kappa shape index (κ2) is 4.08. The van der Waals surface area contributed by atoms with E-state index in [1.165, 1.54) is 22.4 Å². The van der Waals surface area contributed by atoms with Crippen LogP contribution in [-0.4, -0.2) is 0 Å². The predicted molar refractivity (Wildman–Crippen MR) is 87.5 cm³/mol. The second-order valence-corrected chi connectivity index (χ2v) is 8.04. The molecule has 102 valence electrons. The van der Waals surface area contributed by atoms with E-state index in [0.29, 0.717) is 17.3 Å². The van der Waals surface area contributed by atoms with Crippen molar-refractivity contribution in [2.24, 2.45) is 5.41 Å². The molecule has 0 saturated heterocycles. The van der Waals surface area contributed by atoms with Crippen molar-refractivity contribution in [3.8, 4) is 10.4 Å². The van der Waals surface area contributed by atoms with Gasteiger partial charge in [0.15, 0.2) is 0 Å². The highest BCUT2D eigenvalue weighted by Crippen LogP contribution is 2.58. The van der Waals surface area contributed by atoms with Crippen molar-refractivity contribution >= 4 is 11.3 Å². The molecule has 5 rings (SSSR count). The highest BCUT2D eigenvalue weighted by atomic mass is 32.1. The molecule has 2 aromatic rings. The van der Waals surface area contributed by atoms with Gasteiger partial charge in [-0.3, -0.25) is 0 Å². The Labute approximate surface area is 125 Å². The van der Waals surface area contributed by atoms with E-state index in [2.05, 4.69) is 63.3 Å². The molecule has 2 atom stereocenters. The smallest absolute Gasteiger partial charge is 0.0348 e. The molecule has 0 radical (unpaired) electrons. The third-order valence-corrected chi connectivity index (χ3v) is 6.25. The molecule has 3 aliphatic rings. The molecule has 1 aromatic heterocycles. The summed E-state index contributed by atoms with van der Waals surface area (Å²) in [6, 6.07) is 11.4. The van der Waals surface area contributed by atoms with Gasteiger partial charge in [-0.2, -0.15) is 0 Å². The zero-order valence-electron chi connectivity index (χ0n) is 12.3. The molecule has 0 aliphatic heterocycles. The minimum atomic E-state index is 0.415. The van der Waals surface area contributed by atoms with Gasteiger partial charge < -0.3 is 0 Å². The van der Waals surface area contributed by atoms with Gasteiger partial charge in [0.1, 0.15) is 0 Å². The summed E-state index contributed by atoms with van der Waals surface area (Å²) < 4.78 is 0. The van der Waals surface area contributed by atoms with E-state index in [4.69, 9.17) is 0 Å². The van der Waals surface area contributed by atoms with Crippen LogP contribution in [0.3, 0.4) is 0 Å². The van der Waals surface area contributed by atoms with Gasteiger partial charge in [0.25, 0.3) is 0 Å². The number of rotatable bonds is 1. The van der Waals surface area contributed by atoms with Gasteiger partial charge in [0.2, 0.25) is 0 Å². The van der Waals surface area contributed by atoms with Crippen LogP contribution in [0, 0.1) is 12.3 Å². The second-order valence-electron chi connectivity index (χ2n) is 6.96. The number of hydrogen-bond acceptors (Lipinski definition) is 1. The Hall–Kier alpha value is -1.34. The van der Waals surface area contributed by atoms with Crippen molar-refractivity contribution in [1.82, 2.24) is 0 Å². The quantitative estimate of drug-likeness (QED) is 0.571. The fourth-order valence-electron chi connectivity index (χ4n) is 3.78. The van der Waals surface area contributed by atoms with E-state index in [-0.39, 0.29) is 0 Å². The molecule has 3 aliphatic carbocycles. The molecule has 20 heavy (non-hydrogen) atoms. The minimum absolute atomic E-state index is 0.415. The fraction of sp³-hybridized carbons (Fsp3) is 0.368. The highest BCUT2D eigenvalue weighted by Gasteiger charge is 2.42. The van der Waals surface area contributed by atoms with E-state index in [1.54, 1.807) is 10.4 Å². The van der Waals surface area contributed by atoms with Crippen LogP contribution in [0.5, 0.6) is 0 Å². The van der Waals surface area contributed by atoms with Gasteiger partial charge in [-0.15, -0.1) is 11.3 Å². The molecule has 0 fully saturated rings. The Morgan fingerprint density at radius 1 is 1.10 bits per heavy atom. The first-order valence-corrected chi connectivity index (χ1v) is 8.25. The molecule has 1 heteroatoms. The number of allylic oxidation sites excluding steroid dienone is 2.